The normalized spacial score (nSPS) is 14.5. The van der Waals surface area contributed by atoms with Gasteiger partial charge >= 0.3 is 0 Å². The summed E-state index contributed by atoms with van der Waals surface area (Å²) in [5.74, 6) is 1.46. The minimum absolute atomic E-state index is 0.240. The Morgan fingerprint density at radius 1 is 1.26 bits per heavy atom. The highest BCUT2D eigenvalue weighted by Gasteiger charge is 2.34. The number of sulfonamides is 1. The van der Waals surface area contributed by atoms with Crippen LogP contribution in [0.2, 0.25) is 0 Å². The maximum Gasteiger partial charge on any atom is 0.257 e. The molecule has 1 aromatic heterocycles. The van der Waals surface area contributed by atoms with Gasteiger partial charge in [-0.25, -0.2) is 12.7 Å². The van der Waals surface area contributed by atoms with Crippen LogP contribution in [0, 0.1) is 0 Å². The van der Waals surface area contributed by atoms with E-state index in [2.05, 4.69) is 15.5 Å². The van der Waals surface area contributed by atoms with E-state index in [1.54, 1.807) is 37.4 Å². The molecule has 1 aliphatic rings. The highest BCUT2D eigenvalue weighted by atomic mass is 32.2. The zero-order valence-corrected chi connectivity index (χ0v) is 21.4. The number of ether oxygens (including phenoxy) is 2. The number of amides is 1. The molecule has 35 heavy (non-hydrogen) atoms. The van der Waals surface area contributed by atoms with Crippen molar-refractivity contribution in [3.05, 3.63) is 53.2 Å². The van der Waals surface area contributed by atoms with E-state index in [1.807, 2.05) is 20.8 Å². The molecular formula is C24H29N5O5S. The predicted molar refractivity (Wildman–Crippen MR) is 131 cm³/mol. The van der Waals surface area contributed by atoms with Gasteiger partial charge in [-0.1, -0.05) is 6.92 Å². The van der Waals surface area contributed by atoms with Gasteiger partial charge in [0.2, 0.25) is 10.0 Å². The lowest BCUT2D eigenvalue weighted by Crippen LogP contribution is -2.24. The van der Waals surface area contributed by atoms with Crippen LogP contribution in [0.3, 0.4) is 0 Å². The van der Waals surface area contributed by atoms with Crippen LogP contribution in [-0.2, 0) is 29.9 Å². The molecule has 186 valence electrons. The second kappa shape index (κ2) is 8.97. The second-order valence-corrected chi connectivity index (χ2v) is 11.3. The van der Waals surface area contributed by atoms with E-state index in [9.17, 15) is 13.2 Å². The molecule has 0 saturated carbocycles. The third-order valence-corrected chi connectivity index (χ3v) is 7.57. The number of aryl methyl sites for hydroxylation is 2. The summed E-state index contributed by atoms with van der Waals surface area (Å²) in [4.78, 5) is 14.5. The van der Waals surface area contributed by atoms with E-state index < -0.39 is 15.6 Å². The third-order valence-electron chi connectivity index (χ3n) is 5.66. The van der Waals surface area contributed by atoms with E-state index >= 15 is 0 Å². The minimum Gasteiger partial charge on any atom is -0.487 e. The molecular weight excluding hydrogens is 470 g/mol. The van der Waals surface area contributed by atoms with Gasteiger partial charge in [-0.05, 0) is 56.2 Å². The fraction of sp³-hybridized carbons (Fsp3) is 0.375. The largest absolute Gasteiger partial charge is 0.487 e. The topological polar surface area (TPSA) is 116 Å². The molecule has 0 atom stereocenters. The highest BCUT2D eigenvalue weighted by Crippen LogP contribution is 2.43. The average Bonchev–Trinajstić information content (AvgIpc) is 3.33. The highest BCUT2D eigenvalue weighted by molar-refractivity contribution is 7.89. The van der Waals surface area contributed by atoms with Crippen LogP contribution in [0.4, 0.5) is 5.82 Å². The van der Waals surface area contributed by atoms with Gasteiger partial charge in [-0.15, -0.1) is 5.10 Å². The first kappa shape index (κ1) is 24.7. The molecule has 4 rings (SSSR count). The second-order valence-electron chi connectivity index (χ2n) is 9.18. The molecule has 10 nitrogen and oxygen atoms in total. The van der Waals surface area contributed by atoms with Crippen LogP contribution >= 0.6 is 0 Å². The maximum absolute atomic E-state index is 12.9. The molecule has 3 aromatic rings. The van der Waals surface area contributed by atoms with Gasteiger partial charge in [0, 0.05) is 38.7 Å². The molecule has 2 aromatic carbocycles. The van der Waals surface area contributed by atoms with E-state index in [1.165, 1.54) is 29.4 Å². The summed E-state index contributed by atoms with van der Waals surface area (Å²) in [6.45, 7) is 5.82. The van der Waals surface area contributed by atoms with Crippen LogP contribution in [0.25, 0.3) is 0 Å². The first-order valence-electron chi connectivity index (χ1n) is 11.2. The Labute approximate surface area is 204 Å². The van der Waals surface area contributed by atoms with E-state index in [-0.39, 0.29) is 10.8 Å². The summed E-state index contributed by atoms with van der Waals surface area (Å²) in [5, 5.41) is 10.8. The number of hydrogen-bond acceptors (Lipinski definition) is 7. The van der Waals surface area contributed by atoms with Crippen LogP contribution in [0.15, 0.2) is 41.4 Å². The van der Waals surface area contributed by atoms with E-state index in [4.69, 9.17) is 9.47 Å². The van der Waals surface area contributed by atoms with Crippen molar-refractivity contribution in [1.82, 2.24) is 19.3 Å². The van der Waals surface area contributed by atoms with Crippen molar-refractivity contribution in [3.63, 3.8) is 0 Å². The van der Waals surface area contributed by atoms with Gasteiger partial charge in [0.25, 0.3) is 5.91 Å². The SMILES string of the molecule is CCc1cc(Oc2cc(C(=O)Nc3cnn(C)n3)cc3c2CC(C)(C)O3)ccc1S(=O)(=O)N(C)C. The number of hydrogen-bond donors (Lipinski definition) is 1. The average molecular weight is 500 g/mol. The third kappa shape index (κ3) is 5.01. The Morgan fingerprint density at radius 2 is 2.00 bits per heavy atom. The number of nitrogens with one attached hydrogen (secondary N) is 1. The lowest BCUT2D eigenvalue weighted by Gasteiger charge is -2.17. The fourth-order valence-corrected chi connectivity index (χ4v) is 5.10. The number of anilines is 1. The molecule has 0 spiro atoms. The summed E-state index contributed by atoms with van der Waals surface area (Å²) in [5.41, 5.74) is 1.36. The lowest BCUT2D eigenvalue weighted by atomic mass is 9.99. The Hall–Kier alpha value is -3.44. The van der Waals surface area contributed by atoms with Crippen LogP contribution in [0.1, 0.15) is 42.3 Å². The van der Waals surface area contributed by atoms with Crippen molar-refractivity contribution in [2.45, 2.75) is 44.1 Å². The Balaban J connectivity index is 1.71. The van der Waals surface area contributed by atoms with Gasteiger partial charge < -0.3 is 14.8 Å². The lowest BCUT2D eigenvalue weighted by molar-refractivity contribution is 0.102. The van der Waals surface area contributed by atoms with Crippen LogP contribution in [0.5, 0.6) is 17.2 Å². The van der Waals surface area contributed by atoms with Crippen molar-refractivity contribution in [3.8, 4) is 17.2 Å². The number of rotatable bonds is 7. The molecule has 11 heteroatoms. The summed E-state index contributed by atoms with van der Waals surface area (Å²) < 4.78 is 38.9. The Morgan fingerprint density at radius 3 is 2.63 bits per heavy atom. The Kier molecular flexibility index (Phi) is 6.32. The standard InChI is InChI=1S/C24H29N5O5S/c1-7-15-10-17(8-9-21(15)35(31,32)28(4)5)33-19-11-16(12-20-18(19)13-24(2,3)34-20)23(30)26-22-14-25-29(6)27-22/h8-12,14H,7,13H2,1-6H3,(H,26,27,30). The number of aromatic nitrogens is 3. The van der Waals surface area contributed by atoms with Crippen molar-refractivity contribution >= 4 is 21.7 Å². The number of carbonyl (C=O) groups is 1. The monoisotopic (exact) mass is 499 g/mol. The summed E-state index contributed by atoms with van der Waals surface area (Å²) in [7, 11) is 1.07. The first-order valence-corrected chi connectivity index (χ1v) is 12.6. The molecule has 0 unspecified atom stereocenters. The van der Waals surface area contributed by atoms with Gasteiger partial charge in [0.1, 0.15) is 22.8 Å². The molecule has 0 bridgehead atoms. The molecule has 0 saturated heterocycles. The first-order chi connectivity index (χ1) is 16.4. The summed E-state index contributed by atoms with van der Waals surface area (Å²) in [6, 6.07) is 8.23. The quantitative estimate of drug-likeness (QED) is 0.530. The van der Waals surface area contributed by atoms with Gasteiger partial charge in [-0.3, -0.25) is 4.79 Å². The number of carbonyl (C=O) groups excluding carboxylic acids is 1. The van der Waals surface area contributed by atoms with Crippen LogP contribution < -0.4 is 14.8 Å². The zero-order valence-electron chi connectivity index (χ0n) is 20.6. The molecule has 1 N–H and O–H groups in total. The minimum atomic E-state index is -3.59. The summed E-state index contributed by atoms with van der Waals surface area (Å²) in [6.07, 6.45) is 2.56. The molecule has 2 heterocycles. The van der Waals surface area contributed by atoms with Crippen LogP contribution in [-0.4, -0.2) is 53.3 Å². The maximum atomic E-state index is 12.9. The number of benzene rings is 2. The molecule has 1 aliphatic heterocycles. The van der Waals surface area contributed by atoms with Gasteiger partial charge in [-0.2, -0.15) is 9.90 Å². The van der Waals surface area contributed by atoms with Crippen molar-refractivity contribution in [2.24, 2.45) is 7.05 Å². The van der Waals surface area contributed by atoms with E-state index in [0.717, 1.165) is 5.56 Å². The summed E-state index contributed by atoms with van der Waals surface area (Å²) >= 11 is 0. The fourth-order valence-electron chi connectivity index (χ4n) is 3.93. The number of nitrogens with zero attached hydrogens (tertiary/aromatic N) is 4. The Bertz CT molecular complexity index is 1400. The molecule has 0 fully saturated rings. The zero-order chi connectivity index (χ0) is 25.5. The van der Waals surface area contributed by atoms with E-state index in [0.29, 0.717) is 47.0 Å². The predicted octanol–water partition coefficient (Wildman–Crippen LogP) is 3.39. The molecule has 1 amide bonds. The van der Waals surface area contributed by atoms with Crippen molar-refractivity contribution in [1.29, 1.82) is 0 Å². The van der Waals surface area contributed by atoms with Gasteiger partial charge in [0.05, 0.1) is 11.1 Å². The molecule has 0 aliphatic carbocycles. The number of fused-ring (bicyclic) bond motifs is 1. The van der Waals surface area contributed by atoms with Gasteiger partial charge in [0.15, 0.2) is 5.82 Å². The van der Waals surface area contributed by atoms with Crippen molar-refractivity contribution in [2.75, 3.05) is 19.4 Å². The smallest absolute Gasteiger partial charge is 0.257 e. The molecule has 0 radical (unpaired) electrons. The van der Waals surface area contributed by atoms with Crippen molar-refractivity contribution < 1.29 is 22.7 Å².